The summed E-state index contributed by atoms with van der Waals surface area (Å²) < 4.78 is 10.6. The Kier molecular flexibility index (Phi) is 4.27. The third kappa shape index (κ3) is 2.63. The highest BCUT2D eigenvalue weighted by Crippen LogP contribution is 2.40. The van der Waals surface area contributed by atoms with Crippen LogP contribution in [0.15, 0.2) is 16.6 Å². The molecule has 1 aliphatic carbocycles. The van der Waals surface area contributed by atoms with E-state index in [0.717, 1.165) is 0 Å². The lowest BCUT2D eigenvalue weighted by molar-refractivity contribution is -0.131. The monoisotopic (exact) mass is 352 g/mol. The number of fused-ring (bicyclic) bond motifs is 1. The SMILES string of the molecule is CCc1c(OC)cc2c(c1OC(C)=O)C(=O)C(Br)=CC2=O. The molecule has 0 unspecified atom stereocenters. The van der Waals surface area contributed by atoms with Crippen LogP contribution in [0.4, 0.5) is 0 Å². The largest absolute Gasteiger partial charge is 0.496 e. The van der Waals surface area contributed by atoms with Crippen molar-refractivity contribution in [2.75, 3.05) is 7.11 Å². The molecule has 5 nitrogen and oxygen atoms in total. The second-order valence-corrected chi connectivity index (χ2v) is 5.30. The van der Waals surface area contributed by atoms with E-state index < -0.39 is 11.8 Å². The van der Waals surface area contributed by atoms with Gasteiger partial charge >= 0.3 is 5.97 Å². The van der Waals surface area contributed by atoms with Gasteiger partial charge in [0.2, 0.25) is 5.78 Å². The van der Waals surface area contributed by atoms with Crippen molar-refractivity contribution >= 4 is 33.5 Å². The minimum Gasteiger partial charge on any atom is -0.496 e. The van der Waals surface area contributed by atoms with Gasteiger partial charge in [0.05, 0.1) is 17.2 Å². The van der Waals surface area contributed by atoms with Crippen molar-refractivity contribution in [1.82, 2.24) is 0 Å². The molecule has 6 heteroatoms. The van der Waals surface area contributed by atoms with E-state index in [1.165, 1.54) is 26.2 Å². The van der Waals surface area contributed by atoms with E-state index in [1.807, 2.05) is 6.92 Å². The molecule has 0 atom stereocenters. The summed E-state index contributed by atoms with van der Waals surface area (Å²) in [6.45, 7) is 3.09. The van der Waals surface area contributed by atoms with Crippen LogP contribution in [0.2, 0.25) is 0 Å². The number of ether oxygens (including phenoxy) is 2. The first-order valence-electron chi connectivity index (χ1n) is 6.29. The Hall–Kier alpha value is -1.95. The molecule has 0 radical (unpaired) electrons. The van der Waals surface area contributed by atoms with Crippen LogP contribution in [-0.4, -0.2) is 24.6 Å². The van der Waals surface area contributed by atoms with Crippen LogP contribution in [0.3, 0.4) is 0 Å². The zero-order valence-corrected chi connectivity index (χ0v) is 13.4. The molecule has 0 spiro atoms. The molecule has 0 fully saturated rings. The van der Waals surface area contributed by atoms with Gasteiger partial charge in [-0.3, -0.25) is 14.4 Å². The number of hydrogen-bond acceptors (Lipinski definition) is 5. The van der Waals surface area contributed by atoms with Crippen LogP contribution in [0, 0.1) is 0 Å². The van der Waals surface area contributed by atoms with E-state index >= 15 is 0 Å². The second-order valence-electron chi connectivity index (χ2n) is 4.44. The fourth-order valence-corrected chi connectivity index (χ4v) is 2.65. The molecule has 1 aromatic rings. The van der Waals surface area contributed by atoms with Gasteiger partial charge in [0.15, 0.2) is 5.78 Å². The molecule has 0 saturated carbocycles. The van der Waals surface area contributed by atoms with E-state index in [4.69, 9.17) is 9.47 Å². The molecular weight excluding hydrogens is 340 g/mol. The van der Waals surface area contributed by atoms with Crippen molar-refractivity contribution in [3.63, 3.8) is 0 Å². The molecule has 0 amide bonds. The van der Waals surface area contributed by atoms with Crippen LogP contribution in [0.5, 0.6) is 11.5 Å². The molecule has 1 aliphatic rings. The summed E-state index contributed by atoms with van der Waals surface area (Å²) in [5.74, 6) is -0.780. The molecule has 0 saturated heterocycles. The summed E-state index contributed by atoms with van der Waals surface area (Å²) in [4.78, 5) is 35.8. The van der Waals surface area contributed by atoms with Gasteiger partial charge in [-0.1, -0.05) is 6.92 Å². The standard InChI is InChI=1S/C15H13BrO5/c1-4-8-12(20-3)5-9-11(18)6-10(16)14(19)13(9)15(8)21-7(2)17/h5-6H,4H2,1-3H3. The number of carbonyl (C=O) groups excluding carboxylic acids is 3. The average molecular weight is 353 g/mol. The van der Waals surface area contributed by atoms with Gasteiger partial charge in [0, 0.05) is 24.1 Å². The van der Waals surface area contributed by atoms with Crippen molar-refractivity contribution in [2.24, 2.45) is 0 Å². The summed E-state index contributed by atoms with van der Waals surface area (Å²) in [5, 5.41) is 0. The predicted molar refractivity (Wildman–Crippen MR) is 79.4 cm³/mol. The average Bonchev–Trinajstić information content (AvgIpc) is 2.43. The number of rotatable bonds is 3. The summed E-state index contributed by atoms with van der Waals surface area (Å²) in [6, 6.07) is 1.51. The summed E-state index contributed by atoms with van der Waals surface area (Å²) in [5.41, 5.74) is 0.852. The van der Waals surface area contributed by atoms with Crippen molar-refractivity contribution < 1.29 is 23.9 Å². The molecule has 1 aromatic carbocycles. The van der Waals surface area contributed by atoms with E-state index in [9.17, 15) is 14.4 Å². The van der Waals surface area contributed by atoms with Crippen LogP contribution in [0.1, 0.15) is 40.1 Å². The van der Waals surface area contributed by atoms with Crippen molar-refractivity contribution in [1.29, 1.82) is 0 Å². The molecule has 0 aromatic heterocycles. The number of carbonyl (C=O) groups is 3. The molecule has 0 aliphatic heterocycles. The van der Waals surface area contributed by atoms with Crippen LogP contribution in [-0.2, 0) is 11.2 Å². The fraction of sp³-hybridized carbons (Fsp3) is 0.267. The van der Waals surface area contributed by atoms with E-state index in [-0.39, 0.29) is 27.1 Å². The number of allylic oxidation sites excluding steroid dienone is 2. The van der Waals surface area contributed by atoms with Gasteiger partial charge in [-0.2, -0.15) is 0 Å². The quantitative estimate of drug-likeness (QED) is 0.617. The number of benzene rings is 1. The molecule has 0 N–H and O–H groups in total. The molecule has 110 valence electrons. The maximum atomic E-state index is 12.3. The van der Waals surface area contributed by atoms with E-state index in [0.29, 0.717) is 17.7 Å². The van der Waals surface area contributed by atoms with Crippen LogP contribution >= 0.6 is 15.9 Å². The Labute approximate surface area is 130 Å². The smallest absolute Gasteiger partial charge is 0.308 e. The van der Waals surface area contributed by atoms with Crippen LogP contribution < -0.4 is 9.47 Å². The van der Waals surface area contributed by atoms with Crippen molar-refractivity contribution in [3.05, 3.63) is 33.3 Å². The van der Waals surface area contributed by atoms with Crippen LogP contribution in [0.25, 0.3) is 0 Å². The Morgan fingerprint density at radius 3 is 2.52 bits per heavy atom. The molecular formula is C15H13BrO5. The van der Waals surface area contributed by atoms with Crippen molar-refractivity contribution in [3.8, 4) is 11.5 Å². The molecule has 21 heavy (non-hydrogen) atoms. The lowest BCUT2D eigenvalue weighted by atomic mass is 9.90. The summed E-state index contributed by atoms with van der Waals surface area (Å²) >= 11 is 3.07. The Bertz CT molecular complexity index is 688. The highest BCUT2D eigenvalue weighted by Gasteiger charge is 2.32. The van der Waals surface area contributed by atoms with Gasteiger partial charge < -0.3 is 9.47 Å². The summed E-state index contributed by atoms with van der Waals surface area (Å²) in [7, 11) is 1.46. The number of halogens is 1. The maximum absolute atomic E-state index is 12.3. The lowest BCUT2D eigenvalue weighted by Crippen LogP contribution is -2.19. The first-order valence-corrected chi connectivity index (χ1v) is 7.08. The maximum Gasteiger partial charge on any atom is 0.308 e. The minimum absolute atomic E-state index is 0.0993. The zero-order valence-electron chi connectivity index (χ0n) is 11.8. The Balaban J connectivity index is 2.83. The van der Waals surface area contributed by atoms with Gasteiger partial charge in [-0.15, -0.1) is 0 Å². The number of Topliss-reactive ketones (excluding diaryl/α,β-unsaturated/α-hetero) is 1. The predicted octanol–water partition coefficient (Wildman–Crippen LogP) is 2.84. The number of esters is 1. The Morgan fingerprint density at radius 2 is 2.00 bits per heavy atom. The second kappa shape index (κ2) is 5.81. The highest BCUT2D eigenvalue weighted by atomic mass is 79.9. The Morgan fingerprint density at radius 1 is 1.33 bits per heavy atom. The highest BCUT2D eigenvalue weighted by molar-refractivity contribution is 9.12. The van der Waals surface area contributed by atoms with Crippen molar-refractivity contribution in [2.45, 2.75) is 20.3 Å². The van der Waals surface area contributed by atoms with E-state index in [1.54, 1.807) is 0 Å². The first kappa shape index (κ1) is 15.4. The number of methoxy groups -OCH3 is 1. The summed E-state index contributed by atoms with van der Waals surface area (Å²) in [6.07, 6.45) is 1.69. The normalized spacial score (nSPS) is 13.6. The number of hydrogen-bond donors (Lipinski definition) is 0. The zero-order chi connectivity index (χ0) is 15.7. The van der Waals surface area contributed by atoms with Gasteiger partial charge in [0.1, 0.15) is 11.5 Å². The molecule has 0 heterocycles. The number of ketones is 2. The van der Waals surface area contributed by atoms with E-state index in [2.05, 4.69) is 15.9 Å². The van der Waals surface area contributed by atoms with Gasteiger partial charge in [0.25, 0.3) is 0 Å². The first-order chi connectivity index (χ1) is 9.90. The van der Waals surface area contributed by atoms with Gasteiger partial charge in [-0.05, 0) is 28.4 Å². The van der Waals surface area contributed by atoms with Gasteiger partial charge in [-0.25, -0.2) is 0 Å². The lowest BCUT2D eigenvalue weighted by Gasteiger charge is -2.20. The molecule has 2 rings (SSSR count). The molecule has 0 bridgehead atoms. The third-order valence-corrected chi connectivity index (χ3v) is 3.72. The third-order valence-electron chi connectivity index (χ3n) is 3.13. The topological polar surface area (TPSA) is 69.7 Å². The minimum atomic E-state index is -0.564. The fourth-order valence-electron chi connectivity index (χ4n) is 2.25.